The van der Waals surface area contributed by atoms with Crippen LogP contribution in [0.3, 0.4) is 0 Å². The first-order valence-corrected chi connectivity index (χ1v) is 5.88. The zero-order valence-corrected chi connectivity index (χ0v) is 10.2. The summed E-state index contributed by atoms with van der Waals surface area (Å²) in [5.74, 6) is 0. The second kappa shape index (κ2) is 6.88. The first kappa shape index (κ1) is 13.5. The van der Waals surface area contributed by atoms with E-state index in [1.807, 2.05) is 0 Å². The first-order chi connectivity index (χ1) is 6.60. The lowest BCUT2D eigenvalue weighted by atomic mass is 10.2. The van der Waals surface area contributed by atoms with Crippen molar-refractivity contribution in [3.63, 3.8) is 0 Å². The maximum absolute atomic E-state index is 5.76. The molecule has 0 atom stereocenters. The molecule has 2 nitrogen and oxygen atoms in total. The molecule has 0 aliphatic rings. The Labute approximate surface area is 89.4 Å². The van der Waals surface area contributed by atoms with Crippen LogP contribution in [0.25, 0.3) is 0 Å². The number of nitrogens with zero attached hydrogens (tertiary/aromatic N) is 1. The molecule has 0 saturated carbocycles. The minimum absolute atomic E-state index is 0.834. The van der Waals surface area contributed by atoms with Crippen molar-refractivity contribution < 1.29 is 4.48 Å². The highest BCUT2D eigenvalue weighted by Gasteiger charge is 2.24. The second-order valence-electron chi connectivity index (χ2n) is 4.33. The highest BCUT2D eigenvalue weighted by atomic mass is 15.3. The van der Waals surface area contributed by atoms with Crippen LogP contribution in [0.15, 0.2) is 12.3 Å². The minimum Gasteiger partial charge on any atom is -0.398 e. The second-order valence-corrected chi connectivity index (χ2v) is 4.33. The van der Waals surface area contributed by atoms with E-state index in [1.54, 1.807) is 0 Å². The summed E-state index contributed by atoms with van der Waals surface area (Å²) in [4.78, 5) is 0. The van der Waals surface area contributed by atoms with Crippen LogP contribution < -0.4 is 5.73 Å². The van der Waals surface area contributed by atoms with E-state index in [0.29, 0.717) is 0 Å². The van der Waals surface area contributed by atoms with Gasteiger partial charge in [0.25, 0.3) is 0 Å². The van der Waals surface area contributed by atoms with Crippen molar-refractivity contribution in [1.82, 2.24) is 0 Å². The summed E-state index contributed by atoms with van der Waals surface area (Å²) in [6.07, 6.45) is 3.69. The van der Waals surface area contributed by atoms with E-state index in [9.17, 15) is 0 Å². The summed E-state index contributed by atoms with van der Waals surface area (Å²) in [6, 6.07) is 0. The molecule has 2 heteroatoms. The third-order valence-corrected chi connectivity index (χ3v) is 2.63. The fourth-order valence-electron chi connectivity index (χ4n) is 2.43. The van der Waals surface area contributed by atoms with Crippen molar-refractivity contribution in [1.29, 1.82) is 0 Å². The van der Waals surface area contributed by atoms with E-state index in [4.69, 9.17) is 5.73 Å². The van der Waals surface area contributed by atoms with Crippen molar-refractivity contribution in [3.05, 3.63) is 12.3 Å². The molecule has 0 aliphatic heterocycles. The Kier molecular flexibility index (Phi) is 6.64. The number of hydrogen-bond acceptors (Lipinski definition) is 1. The Bertz CT molecular complexity index is 147. The molecule has 0 fully saturated rings. The van der Waals surface area contributed by atoms with Crippen molar-refractivity contribution in [2.75, 3.05) is 26.2 Å². The zero-order chi connectivity index (χ0) is 11.0. The van der Waals surface area contributed by atoms with Crippen molar-refractivity contribution in [3.8, 4) is 0 Å². The molecule has 0 unspecified atom stereocenters. The maximum atomic E-state index is 5.76. The average Bonchev–Trinajstić information content (AvgIpc) is 2.03. The van der Waals surface area contributed by atoms with Gasteiger partial charge in [-0.15, -0.1) is 0 Å². The quantitative estimate of drug-likeness (QED) is 0.597. The third kappa shape index (κ3) is 4.66. The molecule has 14 heavy (non-hydrogen) atoms. The van der Waals surface area contributed by atoms with Gasteiger partial charge >= 0.3 is 0 Å². The van der Waals surface area contributed by atoms with Gasteiger partial charge in [-0.1, -0.05) is 27.4 Å². The highest BCUT2D eigenvalue weighted by Crippen LogP contribution is 2.12. The number of rotatable bonds is 8. The Morgan fingerprint density at radius 2 is 1.36 bits per heavy atom. The van der Waals surface area contributed by atoms with E-state index in [0.717, 1.165) is 16.7 Å². The van der Waals surface area contributed by atoms with Crippen LogP contribution in [0.2, 0.25) is 0 Å². The smallest absolute Gasteiger partial charge is 0.118 e. The molecule has 0 heterocycles. The topological polar surface area (TPSA) is 26.0 Å². The standard InChI is InChI=1S/C12H27N2/c1-5-8-14(9-6-2,10-7-3)11-12(4)13/h4-11,13H2,1-3H3/q+1. The van der Waals surface area contributed by atoms with Crippen LogP contribution in [0.1, 0.15) is 40.0 Å². The summed E-state index contributed by atoms with van der Waals surface area (Å²) in [7, 11) is 0. The molecule has 0 rings (SSSR count). The van der Waals surface area contributed by atoms with Crippen LogP contribution in [0, 0.1) is 0 Å². The van der Waals surface area contributed by atoms with Gasteiger partial charge in [0.2, 0.25) is 0 Å². The van der Waals surface area contributed by atoms with E-state index >= 15 is 0 Å². The van der Waals surface area contributed by atoms with Gasteiger partial charge in [-0.25, -0.2) is 0 Å². The molecule has 0 aromatic heterocycles. The first-order valence-electron chi connectivity index (χ1n) is 5.88. The number of hydrogen-bond donors (Lipinski definition) is 1. The third-order valence-electron chi connectivity index (χ3n) is 2.63. The lowest BCUT2D eigenvalue weighted by Crippen LogP contribution is -2.51. The normalized spacial score (nSPS) is 11.6. The number of quaternary nitrogens is 1. The number of nitrogens with two attached hydrogens (primary N) is 1. The molecular weight excluding hydrogens is 172 g/mol. The largest absolute Gasteiger partial charge is 0.398 e. The van der Waals surface area contributed by atoms with Crippen LogP contribution in [-0.2, 0) is 0 Å². The van der Waals surface area contributed by atoms with Gasteiger partial charge in [-0.05, 0) is 19.3 Å². The van der Waals surface area contributed by atoms with Gasteiger partial charge in [0, 0.05) is 0 Å². The van der Waals surface area contributed by atoms with Gasteiger partial charge < -0.3 is 10.2 Å². The molecule has 0 aromatic carbocycles. The maximum Gasteiger partial charge on any atom is 0.118 e. The van der Waals surface area contributed by atoms with Crippen molar-refractivity contribution >= 4 is 0 Å². The van der Waals surface area contributed by atoms with E-state index in [1.165, 1.54) is 38.9 Å². The Hall–Kier alpha value is -0.500. The molecular formula is C12H27N2+. The van der Waals surface area contributed by atoms with Gasteiger partial charge in [-0.2, -0.15) is 0 Å². The minimum atomic E-state index is 0.834. The zero-order valence-electron chi connectivity index (χ0n) is 10.2. The molecule has 0 saturated heterocycles. The molecule has 0 bridgehead atoms. The van der Waals surface area contributed by atoms with Crippen LogP contribution in [0.5, 0.6) is 0 Å². The molecule has 0 spiro atoms. The summed E-state index contributed by atoms with van der Waals surface area (Å²) in [6.45, 7) is 15.2. The van der Waals surface area contributed by atoms with Gasteiger partial charge in [0.05, 0.1) is 25.3 Å². The van der Waals surface area contributed by atoms with Gasteiger partial charge in [0.15, 0.2) is 0 Å². The fourth-order valence-corrected chi connectivity index (χ4v) is 2.43. The summed E-state index contributed by atoms with van der Waals surface area (Å²) in [5.41, 5.74) is 6.59. The fraction of sp³-hybridized carbons (Fsp3) is 0.833. The van der Waals surface area contributed by atoms with Crippen LogP contribution in [0.4, 0.5) is 0 Å². The monoisotopic (exact) mass is 199 g/mol. The van der Waals surface area contributed by atoms with E-state index < -0.39 is 0 Å². The molecule has 2 N–H and O–H groups in total. The lowest BCUT2D eigenvalue weighted by molar-refractivity contribution is -0.924. The van der Waals surface area contributed by atoms with Crippen LogP contribution >= 0.6 is 0 Å². The SMILES string of the molecule is C=C(N)C[N+](CCC)(CCC)CCC. The van der Waals surface area contributed by atoms with Gasteiger partial charge in [-0.3, -0.25) is 0 Å². The Morgan fingerprint density at radius 1 is 1.00 bits per heavy atom. The molecule has 0 radical (unpaired) electrons. The molecule has 0 aromatic rings. The van der Waals surface area contributed by atoms with Crippen molar-refractivity contribution in [2.45, 2.75) is 40.0 Å². The summed E-state index contributed by atoms with van der Waals surface area (Å²) < 4.78 is 1.14. The lowest BCUT2D eigenvalue weighted by Gasteiger charge is -2.38. The molecule has 0 aliphatic carbocycles. The average molecular weight is 199 g/mol. The Morgan fingerprint density at radius 3 is 1.57 bits per heavy atom. The van der Waals surface area contributed by atoms with E-state index in [2.05, 4.69) is 27.4 Å². The Balaban J connectivity index is 4.45. The van der Waals surface area contributed by atoms with E-state index in [-0.39, 0.29) is 0 Å². The molecule has 84 valence electrons. The summed E-state index contributed by atoms with van der Waals surface area (Å²) in [5, 5.41) is 0. The molecule has 0 amide bonds. The predicted octanol–water partition coefficient (Wildman–Crippen LogP) is 2.51. The van der Waals surface area contributed by atoms with Crippen LogP contribution in [-0.4, -0.2) is 30.7 Å². The van der Waals surface area contributed by atoms with Gasteiger partial charge in [0.1, 0.15) is 6.54 Å². The summed E-state index contributed by atoms with van der Waals surface area (Å²) >= 11 is 0. The van der Waals surface area contributed by atoms with Crippen molar-refractivity contribution in [2.24, 2.45) is 5.73 Å². The predicted molar refractivity (Wildman–Crippen MR) is 63.9 cm³/mol. The highest BCUT2D eigenvalue weighted by molar-refractivity contribution is 4.86.